The number of allylic oxidation sites excluding steroid dienone is 2. The molecule has 6 nitrogen and oxygen atoms in total. The third-order valence-electron chi connectivity index (χ3n) is 5.27. The summed E-state index contributed by atoms with van der Waals surface area (Å²) < 4.78 is 11.0. The van der Waals surface area contributed by atoms with Crippen molar-refractivity contribution in [3.63, 3.8) is 0 Å². The van der Waals surface area contributed by atoms with E-state index in [1.54, 1.807) is 0 Å². The second kappa shape index (κ2) is 3.82. The quantitative estimate of drug-likeness (QED) is 0.496. The van der Waals surface area contributed by atoms with E-state index in [1.807, 2.05) is 12.2 Å². The second-order valence-electron chi connectivity index (χ2n) is 5.58. The number of methoxy groups -OCH3 is 2. The van der Waals surface area contributed by atoms with Crippen LogP contribution in [0.2, 0.25) is 0 Å². The van der Waals surface area contributed by atoms with Gasteiger partial charge in [-0.05, 0) is 12.8 Å². The van der Waals surface area contributed by atoms with Gasteiger partial charge in [0.25, 0.3) is 5.84 Å². The maximum atomic E-state index is 9.98. The molecule has 1 aliphatic heterocycles. The Bertz CT molecular complexity index is 595. The predicted octanol–water partition coefficient (Wildman–Crippen LogP) is -1.000. The van der Waals surface area contributed by atoms with Crippen LogP contribution in [0.4, 0.5) is 0 Å². The summed E-state index contributed by atoms with van der Waals surface area (Å²) in [6.07, 6.45) is 5.66. The van der Waals surface area contributed by atoms with Gasteiger partial charge in [-0.3, -0.25) is 5.73 Å². The molecular weight excluding hydrogens is 256 g/mol. The molecule has 4 rings (SSSR count). The van der Waals surface area contributed by atoms with Crippen molar-refractivity contribution in [2.24, 2.45) is 28.4 Å². The van der Waals surface area contributed by atoms with Crippen LogP contribution in [0.15, 0.2) is 12.2 Å². The molecule has 104 valence electrons. The highest BCUT2D eigenvalue weighted by Gasteiger charge is 2.83. The Labute approximate surface area is 117 Å². The van der Waals surface area contributed by atoms with Crippen LogP contribution >= 0.6 is 0 Å². The molecule has 0 aromatic rings. The Morgan fingerprint density at radius 3 is 2.25 bits per heavy atom. The van der Waals surface area contributed by atoms with Gasteiger partial charge in [0.05, 0.1) is 12.1 Å². The summed E-state index contributed by atoms with van der Waals surface area (Å²) in [5.74, 6) is -1.36. The van der Waals surface area contributed by atoms with Crippen molar-refractivity contribution in [1.29, 1.82) is 10.5 Å². The van der Waals surface area contributed by atoms with Crippen molar-refractivity contribution in [2.75, 3.05) is 14.2 Å². The molecule has 0 spiro atoms. The molecule has 0 aromatic heterocycles. The molecule has 0 saturated heterocycles. The van der Waals surface area contributed by atoms with Crippen LogP contribution in [0, 0.1) is 45.3 Å². The summed E-state index contributed by atoms with van der Waals surface area (Å²) >= 11 is 0. The summed E-state index contributed by atoms with van der Waals surface area (Å²) in [5, 5.41) is 19.9. The largest absolute Gasteiger partial charge is 0.342 e. The number of amidine groups is 1. The van der Waals surface area contributed by atoms with E-state index in [2.05, 4.69) is 17.1 Å². The number of ether oxygens (including phenoxy) is 2. The molecule has 1 heterocycles. The zero-order chi connectivity index (χ0) is 14.6. The van der Waals surface area contributed by atoms with Crippen molar-refractivity contribution >= 4 is 5.84 Å². The minimum absolute atomic E-state index is 0.100. The Morgan fingerprint density at radius 1 is 1.20 bits per heavy atom. The third kappa shape index (κ3) is 0.985. The molecule has 6 heteroatoms. The standard InChI is InChI=1S/C14H16N4O2/c1-19-14(20-2)13(8-16)10-5-3-9(4-6-10)12(13,7-15)11(17)18-14/h3,5,9-10H,4,6H2,1-2H3,(H2,17,18)/p+1/t9-,10-,12+,13+/m1/s1. The number of rotatable bonds is 2. The number of nitrogens with two attached hydrogens (primary N) is 1. The normalized spacial score (nSPS) is 43.5. The van der Waals surface area contributed by atoms with Crippen molar-refractivity contribution in [3.05, 3.63) is 12.2 Å². The summed E-state index contributed by atoms with van der Waals surface area (Å²) in [7, 11) is 2.92. The molecule has 0 amide bonds. The molecule has 0 radical (unpaired) electrons. The van der Waals surface area contributed by atoms with Gasteiger partial charge in [-0.25, -0.2) is 4.99 Å². The molecule has 3 aliphatic carbocycles. The fraction of sp³-hybridized carbons (Fsp3) is 0.643. The smallest absolute Gasteiger partial charge is 0.317 e. The lowest BCUT2D eigenvalue weighted by molar-refractivity contribution is -0.693. The molecule has 1 saturated carbocycles. The van der Waals surface area contributed by atoms with Crippen molar-refractivity contribution in [3.8, 4) is 12.1 Å². The fourth-order valence-corrected chi connectivity index (χ4v) is 4.40. The zero-order valence-electron chi connectivity index (χ0n) is 11.5. The molecule has 20 heavy (non-hydrogen) atoms. The first-order valence-corrected chi connectivity index (χ1v) is 6.60. The average Bonchev–Trinajstić information content (AvgIpc) is 2.76. The molecule has 0 unspecified atom stereocenters. The first-order chi connectivity index (χ1) is 9.58. The average molecular weight is 273 g/mol. The lowest BCUT2D eigenvalue weighted by Crippen LogP contribution is -2.90. The molecule has 0 aromatic carbocycles. The van der Waals surface area contributed by atoms with Crippen LogP contribution in [0.5, 0.6) is 0 Å². The number of nitrogens with zero attached hydrogens (tertiary/aromatic N) is 2. The lowest BCUT2D eigenvalue weighted by Gasteiger charge is -2.52. The third-order valence-corrected chi connectivity index (χ3v) is 5.27. The lowest BCUT2D eigenvalue weighted by atomic mass is 9.45. The Hall–Kier alpha value is -1.89. The van der Waals surface area contributed by atoms with Crippen LogP contribution in [-0.2, 0) is 9.47 Å². The van der Waals surface area contributed by atoms with Gasteiger partial charge in [-0.1, -0.05) is 12.2 Å². The van der Waals surface area contributed by atoms with Crippen LogP contribution in [0.1, 0.15) is 12.8 Å². The van der Waals surface area contributed by atoms with Gasteiger partial charge >= 0.3 is 5.91 Å². The molecule has 1 fully saturated rings. The highest BCUT2D eigenvalue weighted by Crippen LogP contribution is 2.64. The minimum Gasteiger partial charge on any atom is -0.317 e. The van der Waals surface area contributed by atoms with Crippen LogP contribution < -0.4 is 10.7 Å². The summed E-state index contributed by atoms with van der Waals surface area (Å²) in [6, 6.07) is 4.66. The van der Waals surface area contributed by atoms with Crippen LogP contribution in [-0.4, -0.2) is 26.0 Å². The first kappa shape index (κ1) is 13.1. The highest BCUT2D eigenvalue weighted by molar-refractivity contribution is 5.89. The van der Waals surface area contributed by atoms with E-state index in [0.717, 1.165) is 12.8 Å². The monoisotopic (exact) mass is 273 g/mol. The van der Waals surface area contributed by atoms with Crippen molar-refractivity contribution in [2.45, 2.75) is 18.8 Å². The Kier molecular flexibility index (Phi) is 2.50. The van der Waals surface area contributed by atoms with E-state index in [9.17, 15) is 10.5 Å². The maximum absolute atomic E-state index is 9.98. The summed E-state index contributed by atoms with van der Waals surface area (Å²) in [4.78, 5) is 2.96. The Balaban J connectivity index is 2.37. The number of nitrogens with one attached hydrogen (secondary N) is 1. The zero-order valence-corrected chi connectivity index (χ0v) is 11.5. The highest BCUT2D eigenvalue weighted by atomic mass is 16.7. The van der Waals surface area contributed by atoms with Gasteiger partial charge in [0.15, 0.2) is 10.8 Å². The van der Waals surface area contributed by atoms with E-state index in [0.29, 0.717) is 0 Å². The fourth-order valence-electron chi connectivity index (χ4n) is 4.40. The van der Waals surface area contributed by atoms with Gasteiger partial charge in [0, 0.05) is 26.1 Å². The number of hydrogen-bond donors (Lipinski definition) is 2. The predicted molar refractivity (Wildman–Crippen MR) is 68.4 cm³/mol. The van der Waals surface area contributed by atoms with Gasteiger partial charge in [-0.2, -0.15) is 10.5 Å². The van der Waals surface area contributed by atoms with Crippen LogP contribution in [0.25, 0.3) is 0 Å². The first-order valence-electron chi connectivity index (χ1n) is 6.60. The molecule has 2 bridgehead atoms. The van der Waals surface area contributed by atoms with E-state index >= 15 is 0 Å². The molecule has 3 N–H and O–H groups in total. The van der Waals surface area contributed by atoms with Gasteiger partial charge in [-0.15, -0.1) is 0 Å². The molecule has 4 aliphatic rings. The Morgan fingerprint density at radius 2 is 1.80 bits per heavy atom. The van der Waals surface area contributed by atoms with Gasteiger partial charge in [0.2, 0.25) is 0 Å². The topological polar surface area (TPSA) is 106 Å². The summed E-state index contributed by atoms with van der Waals surface area (Å²) in [6.45, 7) is 0. The van der Waals surface area contributed by atoms with Crippen LogP contribution in [0.3, 0.4) is 0 Å². The molecular formula is C14H17N4O2+. The SMILES string of the molecule is COC1(OC)[NH+]=C(N)[C@]2(C#N)[C@@H]3C=C[C@H](CC3)[C@]12C#N. The number of hydrogen-bond acceptors (Lipinski definition) is 5. The van der Waals surface area contributed by atoms with Crippen molar-refractivity contribution in [1.82, 2.24) is 0 Å². The van der Waals surface area contributed by atoms with E-state index in [4.69, 9.17) is 15.2 Å². The van der Waals surface area contributed by atoms with Crippen molar-refractivity contribution < 1.29 is 14.5 Å². The van der Waals surface area contributed by atoms with E-state index in [-0.39, 0.29) is 17.7 Å². The maximum Gasteiger partial charge on any atom is 0.342 e. The molecule has 4 atom stereocenters. The number of nitriles is 2. The van der Waals surface area contributed by atoms with Gasteiger partial charge < -0.3 is 9.47 Å². The summed E-state index contributed by atoms with van der Waals surface area (Å²) in [5.41, 5.74) is 3.85. The van der Waals surface area contributed by atoms with E-state index < -0.39 is 16.7 Å². The number of fused-ring (bicyclic) bond motifs is 1. The van der Waals surface area contributed by atoms with E-state index in [1.165, 1.54) is 14.2 Å². The second-order valence-corrected chi connectivity index (χ2v) is 5.58. The minimum atomic E-state index is -1.39. The van der Waals surface area contributed by atoms with Gasteiger partial charge in [0.1, 0.15) is 0 Å².